The molecule has 0 bridgehead atoms. The highest BCUT2D eigenvalue weighted by molar-refractivity contribution is 7.92. The lowest BCUT2D eigenvalue weighted by Gasteiger charge is -2.25. The zero-order valence-electron chi connectivity index (χ0n) is 13.3. The topological polar surface area (TPSA) is 83.7 Å². The van der Waals surface area contributed by atoms with Crippen LogP contribution < -0.4 is 9.21 Å². The van der Waals surface area contributed by atoms with E-state index in [4.69, 9.17) is 4.52 Å². The molecule has 1 heterocycles. The number of anilines is 2. The Balaban J connectivity index is 2.27. The van der Waals surface area contributed by atoms with Crippen LogP contribution in [0.5, 0.6) is 0 Å². The van der Waals surface area contributed by atoms with E-state index in [1.807, 2.05) is 25.1 Å². The smallest absolute Gasteiger partial charge is 0.247 e. The number of sulfonamides is 1. The fourth-order valence-corrected chi connectivity index (χ4v) is 2.93. The minimum absolute atomic E-state index is 0.0995. The number of rotatable bonds is 6. The molecule has 0 radical (unpaired) electrons. The van der Waals surface area contributed by atoms with Crippen molar-refractivity contribution in [2.24, 2.45) is 0 Å². The Labute approximate surface area is 135 Å². The molecule has 23 heavy (non-hydrogen) atoms. The molecule has 0 aliphatic carbocycles. The van der Waals surface area contributed by atoms with Crippen molar-refractivity contribution in [1.82, 2.24) is 5.16 Å². The Hall–Kier alpha value is -2.35. The lowest BCUT2D eigenvalue weighted by Crippen LogP contribution is -2.43. The zero-order chi connectivity index (χ0) is 17.0. The molecule has 0 spiro atoms. The number of likely N-dealkylation sites (N-methyl/N-ethyl adjacent to an activating group) is 1. The van der Waals surface area contributed by atoms with Crippen LogP contribution in [0.4, 0.5) is 11.5 Å². The van der Waals surface area contributed by atoms with Crippen LogP contribution in [0.25, 0.3) is 0 Å². The van der Waals surface area contributed by atoms with E-state index in [1.165, 1.54) is 11.0 Å². The van der Waals surface area contributed by atoms with Crippen LogP contribution in [0.3, 0.4) is 0 Å². The van der Waals surface area contributed by atoms with Crippen molar-refractivity contribution in [3.63, 3.8) is 0 Å². The summed E-state index contributed by atoms with van der Waals surface area (Å²) in [6.45, 7) is 3.57. The molecule has 2 rings (SSSR count). The lowest BCUT2D eigenvalue weighted by atomic mass is 10.3. The van der Waals surface area contributed by atoms with Crippen LogP contribution in [-0.2, 0) is 14.8 Å². The third-order valence-corrected chi connectivity index (χ3v) is 4.35. The Morgan fingerprint density at radius 3 is 2.39 bits per heavy atom. The normalized spacial score (nSPS) is 11.3. The molecular formula is C15H19N3O4S. The van der Waals surface area contributed by atoms with Gasteiger partial charge in [-0.2, -0.15) is 0 Å². The molecule has 0 fully saturated rings. The molecular weight excluding hydrogens is 318 g/mol. The molecule has 1 aromatic heterocycles. The molecule has 0 aliphatic rings. The number of benzene rings is 1. The van der Waals surface area contributed by atoms with E-state index >= 15 is 0 Å². The van der Waals surface area contributed by atoms with Crippen LogP contribution in [0.1, 0.15) is 12.7 Å². The Morgan fingerprint density at radius 2 is 1.91 bits per heavy atom. The van der Waals surface area contributed by atoms with Crippen LogP contribution in [0, 0.1) is 6.92 Å². The van der Waals surface area contributed by atoms with E-state index in [-0.39, 0.29) is 18.3 Å². The molecule has 0 unspecified atom stereocenters. The fraction of sp³-hybridized carbons (Fsp3) is 0.333. The minimum atomic E-state index is -3.66. The van der Waals surface area contributed by atoms with Crippen molar-refractivity contribution in [2.75, 3.05) is 28.6 Å². The summed E-state index contributed by atoms with van der Waals surface area (Å²) in [5.41, 5.74) is 0.713. The fourth-order valence-electron chi connectivity index (χ4n) is 2.16. The summed E-state index contributed by atoms with van der Waals surface area (Å²) in [4.78, 5) is 14.1. The van der Waals surface area contributed by atoms with Gasteiger partial charge < -0.3 is 9.42 Å². The highest BCUT2D eigenvalue weighted by atomic mass is 32.2. The van der Waals surface area contributed by atoms with Gasteiger partial charge in [0.25, 0.3) is 0 Å². The largest absolute Gasteiger partial charge is 0.360 e. The first kappa shape index (κ1) is 17.0. The molecule has 124 valence electrons. The van der Waals surface area contributed by atoms with Gasteiger partial charge in [-0.25, -0.2) is 12.7 Å². The van der Waals surface area contributed by atoms with Crippen LogP contribution in [0.2, 0.25) is 0 Å². The maximum absolute atomic E-state index is 12.6. The number of aryl methyl sites for hydroxylation is 1. The van der Waals surface area contributed by atoms with E-state index < -0.39 is 10.0 Å². The summed E-state index contributed by atoms with van der Waals surface area (Å²) < 4.78 is 29.8. The first-order valence-corrected chi connectivity index (χ1v) is 8.94. The number of hydrogen-bond acceptors (Lipinski definition) is 5. The van der Waals surface area contributed by atoms with Gasteiger partial charge in [-0.05, 0) is 26.0 Å². The maximum atomic E-state index is 12.6. The highest BCUT2D eigenvalue weighted by Gasteiger charge is 2.26. The summed E-state index contributed by atoms with van der Waals surface area (Å²) in [5.74, 6) is 0.226. The van der Waals surface area contributed by atoms with Gasteiger partial charge in [-0.1, -0.05) is 23.4 Å². The van der Waals surface area contributed by atoms with Gasteiger partial charge in [0.1, 0.15) is 12.3 Å². The predicted molar refractivity (Wildman–Crippen MR) is 87.9 cm³/mol. The summed E-state index contributed by atoms with van der Waals surface area (Å²) in [7, 11) is -3.66. The Bertz CT molecular complexity index is 771. The van der Waals surface area contributed by atoms with Crippen LogP contribution in [-0.4, -0.2) is 38.8 Å². The third kappa shape index (κ3) is 4.10. The van der Waals surface area contributed by atoms with E-state index in [0.29, 0.717) is 18.0 Å². The van der Waals surface area contributed by atoms with Gasteiger partial charge in [0.15, 0.2) is 5.82 Å². The number of hydrogen-bond donors (Lipinski definition) is 0. The monoisotopic (exact) mass is 337 g/mol. The summed E-state index contributed by atoms with van der Waals surface area (Å²) in [6, 6.07) is 10.6. The van der Waals surface area contributed by atoms with Gasteiger partial charge >= 0.3 is 0 Å². The van der Waals surface area contributed by atoms with E-state index in [0.717, 1.165) is 10.6 Å². The van der Waals surface area contributed by atoms with E-state index in [1.54, 1.807) is 19.1 Å². The average molecular weight is 337 g/mol. The van der Waals surface area contributed by atoms with Crippen molar-refractivity contribution in [2.45, 2.75) is 13.8 Å². The molecule has 0 saturated carbocycles. The van der Waals surface area contributed by atoms with Crippen LogP contribution in [0.15, 0.2) is 40.9 Å². The number of para-hydroxylation sites is 1. The van der Waals surface area contributed by atoms with E-state index in [2.05, 4.69) is 5.16 Å². The summed E-state index contributed by atoms with van der Waals surface area (Å²) in [6.07, 6.45) is 1.03. The number of carbonyl (C=O) groups excluding carboxylic acids is 1. The zero-order valence-corrected chi connectivity index (χ0v) is 14.1. The molecule has 0 aliphatic heterocycles. The molecule has 8 heteroatoms. The quantitative estimate of drug-likeness (QED) is 0.802. The van der Waals surface area contributed by atoms with Gasteiger partial charge in [0.05, 0.1) is 6.26 Å². The standard InChI is InChI=1S/C15H19N3O4S/c1-4-17(13-8-6-5-7-9-13)15(19)11-18(23(3,20)21)14-10-12(2)22-16-14/h5-10H,4,11H2,1-3H3. The second-order valence-electron chi connectivity index (χ2n) is 5.04. The van der Waals surface area contributed by atoms with Gasteiger partial charge in [0, 0.05) is 18.3 Å². The van der Waals surface area contributed by atoms with Crippen molar-refractivity contribution in [3.8, 4) is 0 Å². The minimum Gasteiger partial charge on any atom is -0.360 e. The first-order chi connectivity index (χ1) is 10.8. The number of amides is 1. The predicted octanol–water partition coefficient (Wildman–Crippen LogP) is 1.80. The van der Waals surface area contributed by atoms with Gasteiger partial charge in [-0.15, -0.1) is 0 Å². The highest BCUT2D eigenvalue weighted by Crippen LogP contribution is 2.19. The second-order valence-corrected chi connectivity index (χ2v) is 6.95. The average Bonchev–Trinajstić information content (AvgIpc) is 2.91. The van der Waals surface area contributed by atoms with Crippen LogP contribution >= 0.6 is 0 Å². The molecule has 2 aromatic rings. The van der Waals surface area contributed by atoms with Gasteiger partial charge in [0.2, 0.25) is 15.9 Å². The Kier molecular flexibility index (Phi) is 5.05. The maximum Gasteiger partial charge on any atom is 0.247 e. The van der Waals surface area contributed by atoms with E-state index in [9.17, 15) is 13.2 Å². The summed E-state index contributed by atoms with van der Waals surface area (Å²) >= 11 is 0. The molecule has 0 N–H and O–H groups in total. The number of aromatic nitrogens is 1. The lowest BCUT2D eigenvalue weighted by molar-refractivity contribution is -0.117. The molecule has 0 saturated heterocycles. The molecule has 7 nitrogen and oxygen atoms in total. The number of carbonyl (C=O) groups is 1. The van der Waals surface area contributed by atoms with Gasteiger partial charge in [-0.3, -0.25) is 4.79 Å². The first-order valence-electron chi connectivity index (χ1n) is 7.09. The van der Waals surface area contributed by atoms with Crippen molar-refractivity contribution < 1.29 is 17.7 Å². The van der Waals surface area contributed by atoms with Crippen molar-refractivity contribution in [1.29, 1.82) is 0 Å². The Morgan fingerprint density at radius 1 is 1.26 bits per heavy atom. The van der Waals surface area contributed by atoms with Crippen molar-refractivity contribution >= 4 is 27.4 Å². The van der Waals surface area contributed by atoms with Crippen molar-refractivity contribution in [3.05, 3.63) is 42.2 Å². The molecule has 1 amide bonds. The molecule has 1 aromatic carbocycles. The summed E-state index contributed by atoms with van der Waals surface area (Å²) in [5, 5.41) is 3.69. The number of nitrogens with zero attached hydrogens (tertiary/aromatic N) is 3. The SMILES string of the molecule is CCN(C(=O)CN(c1cc(C)on1)S(C)(=O)=O)c1ccccc1. The molecule has 0 atom stereocenters. The third-order valence-electron chi connectivity index (χ3n) is 3.24. The second kappa shape index (κ2) is 6.82.